The van der Waals surface area contributed by atoms with Gasteiger partial charge in [0.2, 0.25) is 21.8 Å². The third-order valence-corrected chi connectivity index (χ3v) is 5.82. The molecule has 9 heteroatoms. The molecule has 1 N–H and O–H groups in total. The van der Waals surface area contributed by atoms with Crippen LogP contribution >= 0.6 is 0 Å². The van der Waals surface area contributed by atoms with E-state index >= 15 is 0 Å². The first kappa shape index (κ1) is 20.8. The number of hydrogen-bond donors (Lipinski definition) is 1. The third-order valence-electron chi connectivity index (χ3n) is 4.68. The second-order valence-electron chi connectivity index (χ2n) is 7.00. The number of carbonyl (C=O) groups is 2. The second kappa shape index (κ2) is 8.20. The van der Waals surface area contributed by atoms with Gasteiger partial charge in [-0.1, -0.05) is 12.1 Å². The smallest absolute Gasteiger partial charge is 0.245 e. The van der Waals surface area contributed by atoms with E-state index in [1.807, 2.05) is 6.92 Å². The standard InChI is InChI=1S/C20H22FN3O4S/c1-14-9-10-20(26)24(14)18-8-4-6-16(12-18)22-19(25)13-23(29(2,27)28)17-7-3-5-15(21)11-17/h3-8,11-12,14H,9-10,13H2,1-2H3,(H,22,25). The van der Waals surface area contributed by atoms with Gasteiger partial charge in [0, 0.05) is 23.8 Å². The molecule has 1 fully saturated rings. The summed E-state index contributed by atoms with van der Waals surface area (Å²) < 4.78 is 38.6. The van der Waals surface area contributed by atoms with Gasteiger partial charge in [-0.25, -0.2) is 12.8 Å². The summed E-state index contributed by atoms with van der Waals surface area (Å²) >= 11 is 0. The van der Waals surface area contributed by atoms with Crippen molar-refractivity contribution in [3.63, 3.8) is 0 Å². The van der Waals surface area contributed by atoms with E-state index in [1.54, 1.807) is 29.2 Å². The third kappa shape index (κ3) is 4.92. The maximum absolute atomic E-state index is 13.5. The minimum atomic E-state index is -3.80. The molecule has 7 nitrogen and oxygen atoms in total. The van der Waals surface area contributed by atoms with Gasteiger partial charge in [0.05, 0.1) is 11.9 Å². The molecule has 154 valence electrons. The van der Waals surface area contributed by atoms with E-state index in [-0.39, 0.29) is 17.6 Å². The fraction of sp³-hybridized carbons (Fsp3) is 0.300. The van der Waals surface area contributed by atoms with Crippen LogP contribution in [0.2, 0.25) is 0 Å². The summed E-state index contributed by atoms with van der Waals surface area (Å²) in [5, 5.41) is 2.65. The highest BCUT2D eigenvalue weighted by Gasteiger charge is 2.29. The predicted molar refractivity (Wildman–Crippen MR) is 110 cm³/mol. The maximum atomic E-state index is 13.5. The van der Waals surface area contributed by atoms with E-state index in [2.05, 4.69) is 5.32 Å². The zero-order valence-corrected chi connectivity index (χ0v) is 16.9. The zero-order valence-electron chi connectivity index (χ0n) is 16.1. The summed E-state index contributed by atoms with van der Waals surface area (Å²) in [6.07, 6.45) is 2.20. The molecule has 0 aromatic heterocycles. The minimum Gasteiger partial charge on any atom is -0.324 e. The molecular formula is C20H22FN3O4S. The van der Waals surface area contributed by atoms with Gasteiger partial charge in [-0.3, -0.25) is 13.9 Å². The van der Waals surface area contributed by atoms with Gasteiger partial charge in [-0.2, -0.15) is 0 Å². The van der Waals surface area contributed by atoms with E-state index in [0.717, 1.165) is 23.0 Å². The highest BCUT2D eigenvalue weighted by atomic mass is 32.2. The maximum Gasteiger partial charge on any atom is 0.245 e. The summed E-state index contributed by atoms with van der Waals surface area (Å²) in [7, 11) is -3.80. The minimum absolute atomic E-state index is 0.0235. The second-order valence-corrected chi connectivity index (χ2v) is 8.91. The predicted octanol–water partition coefficient (Wildman–Crippen LogP) is 2.75. The molecular weight excluding hydrogens is 397 g/mol. The lowest BCUT2D eigenvalue weighted by Gasteiger charge is -2.23. The topological polar surface area (TPSA) is 86.8 Å². The van der Waals surface area contributed by atoms with Crippen LogP contribution in [0.15, 0.2) is 48.5 Å². The Bertz CT molecular complexity index is 1040. The molecule has 0 aliphatic carbocycles. The van der Waals surface area contributed by atoms with Crippen LogP contribution in [0.4, 0.5) is 21.5 Å². The van der Waals surface area contributed by atoms with Gasteiger partial charge in [0.15, 0.2) is 0 Å². The first-order chi connectivity index (χ1) is 13.6. The number of nitrogens with zero attached hydrogens (tertiary/aromatic N) is 2. The van der Waals surface area contributed by atoms with Crippen LogP contribution < -0.4 is 14.5 Å². The molecule has 2 aromatic carbocycles. The van der Waals surface area contributed by atoms with Crippen molar-refractivity contribution in [2.24, 2.45) is 0 Å². The Labute approximate surface area is 169 Å². The lowest BCUT2D eigenvalue weighted by atomic mass is 10.2. The monoisotopic (exact) mass is 419 g/mol. The molecule has 1 atom stereocenters. The van der Waals surface area contributed by atoms with Crippen molar-refractivity contribution in [1.82, 2.24) is 0 Å². The number of sulfonamides is 1. The van der Waals surface area contributed by atoms with Gasteiger partial charge < -0.3 is 10.2 Å². The molecule has 2 aromatic rings. The molecule has 3 rings (SSSR count). The SMILES string of the molecule is CC1CCC(=O)N1c1cccc(NC(=O)CN(c2cccc(F)c2)S(C)(=O)=O)c1. The fourth-order valence-electron chi connectivity index (χ4n) is 3.32. The summed E-state index contributed by atoms with van der Waals surface area (Å²) in [5.41, 5.74) is 1.17. The zero-order chi connectivity index (χ0) is 21.2. The van der Waals surface area contributed by atoms with Crippen LogP contribution in [0, 0.1) is 5.82 Å². The number of rotatable bonds is 6. The van der Waals surface area contributed by atoms with Crippen LogP contribution in [0.3, 0.4) is 0 Å². The Kier molecular flexibility index (Phi) is 5.88. The molecule has 0 radical (unpaired) electrons. The van der Waals surface area contributed by atoms with Crippen molar-refractivity contribution in [1.29, 1.82) is 0 Å². The number of hydrogen-bond acceptors (Lipinski definition) is 4. The molecule has 2 amide bonds. The number of carbonyl (C=O) groups excluding carboxylic acids is 2. The summed E-state index contributed by atoms with van der Waals surface area (Å²) in [5.74, 6) is -1.17. The molecule has 1 heterocycles. The lowest BCUT2D eigenvalue weighted by Crippen LogP contribution is -2.37. The van der Waals surface area contributed by atoms with Crippen molar-refractivity contribution in [3.05, 3.63) is 54.3 Å². The molecule has 1 aliphatic rings. The van der Waals surface area contributed by atoms with Gasteiger partial charge in [-0.15, -0.1) is 0 Å². The van der Waals surface area contributed by atoms with Crippen LogP contribution in [-0.2, 0) is 19.6 Å². The number of anilines is 3. The molecule has 0 bridgehead atoms. The molecule has 0 saturated carbocycles. The highest BCUT2D eigenvalue weighted by molar-refractivity contribution is 7.92. The Morgan fingerprint density at radius 1 is 1.24 bits per heavy atom. The summed E-state index contributed by atoms with van der Waals surface area (Å²) in [4.78, 5) is 26.3. The van der Waals surface area contributed by atoms with Gasteiger partial charge in [-0.05, 0) is 49.7 Å². The Hall–Kier alpha value is -2.94. The molecule has 1 saturated heterocycles. The van der Waals surface area contributed by atoms with E-state index in [0.29, 0.717) is 17.8 Å². The van der Waals surface area contributed by atoms with Crippen molar-refractivity contribution in [2.45, 2.75) is 25.8 Å². The largest absolute Gasteiger partial charge is 0.324 e. The number of nitrogens with one attached hydrogen (secondary N) is 1. The van der Waals surface area contributed by atoms with E-state index in [1.165, 1.54) is 18.2 Å². The molecule has 1 unspecified atom stereocenters. The van der Waals surface area contributed by atoms with E-state index < -0.39 is 28.3 Å². The Balaban J connectivity index is 1.77. The summed E-state index contributed by atoms with van der Waals surface area (Å²) in [6, 6.07) is 11.9. The highest BCUT2D eigenvalue weighted by Crippen LogP contribution is 2.28. The Morgan fingerprint density at radius 3 is 2.59 bits per heavy atom. The first-order valence-corrected chi connectivity index (χ1v) is 11.0. The molecule has 29 heavy (non-hydrogen) atoms. The average molecular weight is 419 g/mol. The van der Waals surface area contributed by atoms with Crippen LogP contribution in [0.1, 0.15) is 19.8 Å². The van der Waals surface area contributed by atoms with Crippen molar-refractivity contribution < 1.29 is 22.4 Å². The van der Waals surface area contributed by atoms with Crippen LogP contribution in [0.5, 0.6) is 0 Å². The fourth-order valence-corrected chi connectivity index (χ4v) is 4.17. The summed E-state index contributed by atoms with van der Waals surface area (Å²) in [6.45, 7) is 1.45. The lowest BCUT2D eigenvalue weighted by molar-refractivity contribution is -0.117. The number of halogens is 1. The normalized spacial score (nSPS) is 16.7. The molecule has 1 aliphatic heterocycles. The van der Waals surface area contributed by atoms with Crippen LogP contribution in [-0.4, -0.2) is 39.1 Å². The Morgan fingerprint density at radius 2 is 1.97 bits per heavy atom. The quantitative estimate of drug-likeness (QED) is 0.780. The van der Waals surface area contributed by atoms with Gasteiger partial charge in [0.1, 0.15) is 12.4 Å². The van der Waals surface area contributed by atoms with Gasteiger partial charge in [0.25, 0.3) is 0 Å². The van der Waals surface area contributed by atoms with Crippen LogP contribution in [0.25, 0.3) is 0 Å². The van der Waals surface area contributed by atoms with Gasteiger partial charge >= 0.3 is 0 Å². The first-order valence-electron chi connectivity index (χ1n) is 9.10. The van der Waals surface area contributed by atoms with Crippen molar-refractivity contribution in [3.8, 4) is 0 Å². The average Bonchev–Trinajstić information content (AvgIpc) is 2.97. The number of amides is 2. The molecule has 0 spiro atoms. The van der Waals surface area contributed by atoms with E-state index in [9.17, 15) is 22.4 Å². The van der Waals surface area contributed by atoms with Crippen molar-refractivity contribution in [2.75, 3.05) is 27.3 Å². The number of benzene rings is 2. The van der Waals surface area contributed by atoms with Crippen molar-refractivity contribution >= 4 is 38.9 Å². The van der Waals surface area contributed by atoms with E-state index in [4.69, 9.17) is 0 Å².